The summed E-state index contributed by atoms with van der Waals surface area (Å²) in [5.74, 6) is -3.01. The predicted octanol–water partition coefficient (Wildman–Crippen LogP) is 0.757. The van der Waals surface area contributed by atoms with Crippen LogP contribution in [0.2, 0.25) is 0 Å². The lowest BCUT2D eigenvalue weighted by Gasteiger charge is -2.34. The molecule has 21 heavy (non-hydrogen) atoms. The predicted molar refractivity (Wildman–Crippen MR) is 69.8 cm³/mol. The van der Waals surface area contributed by atoms with E-state index in [-0.39, 0.29) is 24.7 Å². The van der Waals surface area contributed by atoms with Gasteiger partial charge in [0.2, 0.25) is 5.91 Å². The van der Waals surface area contributed by atoms with Crippen LogP contribution in [0.4, 0.5) is 15.8 Å². The molecule has 2 N–H and O–H groups in total. The maximum Gasteiger partial charge on any atom is 0.338 e. The molecule has 0 spiro atoms. The molecule has 1 saturated heterocycles. The summed E-state index contributed by atoms with van der Waals surface area (Å²) < 4.78 is 13.8. The van der Waals surface area contributed by atoms with Crippen molar-refractivity contribution >= 4 is 23.3 Å². The second-order valence-electron chi connectivity index (χ2n) is 4.54. The van der Waals surface area contributed by atoms with Gasteiger partial charge in [-0.2, -0.15) is 0 Å². The highest BCUT2D eigenvalue weighted by atomic mass is 19.1. The van der Waals surface area contributed by atoms with Crippen molar-refractivity contribution in [2.75, 3.05) is 18.0 Å². The quantitative estimate of drug-likeness (QED) is 0.629. The first-order chi connectivity index (χ1) is 9.82. The standard InChI is InChI=1S/C12H12FN3O5/c1-6-11(17)14-2-3-15(6)9-5-8(13)7(12(18)19)4-10(9)16(20)21/h4-6H,2-3H2,1H3,(H,14,17)(H,18,19). The van der Waals surface area contributed by atoms with Gasteiger partial charge in [0.1, 0.15) is 23.1 Å². The Bertz CT molecular complexity index is 634. The molecule has 1 amide bonds. The SMILES string of the molecule is CC1C(=O)NCCN1c1cc(F)c(C(=O)O)cc1[N+](=O)[O-]. The fourth-order valence-electron chi connectivity index (χ4n) is 2.20. The zero-order valence-corrected chi connectivity index (χ0v) is 11.0. The summed E-state index contributed by atoms with van der Waals surface area (Å²) in [5.41, 5.74) is -1.43. The van der Waals surface area contributed by atoms with E-state index in [0.717, 1.165) is 6.07 Å². The average molecular weight is 297 g/mol. The van der Waals surface area contributed by atoms with Gasteiger partial charge >= 0.3 is 5.97 Å². The third kappa shape index (κ3) is 2.62. The van der Waals surface area contributed by atoms with Crippen LogP contribution in [-0.2, 0) is 4.79 Å². The molecule has 9 heteroatoms. The van der Waals surface area contributed by atoms with Gasteiger partial charge in [0.05, 0.1) is 4.92 Å². The molecule has 0 saturated carbocycles. The summed E-state index contributed by atoms with van der Waals surface area (Å²) in [6.45, 7) is 2.06. The number of carboxylic acids is 1. The number of amides is 1. The smallest absolute Gasteiger partial charge is 0.338 e. The summed E-state index contributed by atoms with van der Waals surface area (Å²) >= 11 is 0. The van der Waals surface area contributed by atoms with Crippen molar-refractivity contribution in [3.8, 4) is 0 Å². The van der Waals surface area contributed by atoms with Gasteiger partial charge < -0.3 is 15.3 Å². The summed E-state index contributed by atoms with van der Waals surface area (Å²) in [6, 6.07) is 0.746. The van der Waals surface area contributed by atoms with Crippen molar-refractivity contribution < 1.29 is 24.0 Å². The van der Waals surface area contributed by atoms with Gasteiger partial charge in [-0.3, -0.25) is 14.9 Å². The van der Waals surface area contributed by atoms with Gasteiger partial charge in [0.25, 0.3) is 5.69 Å². The number of carbonyl (C=O) groups is 2. The molecule has 1 atom stereocenters. The number of nitro groups is 1. The van der Waals surface area contributed by atoms with Crippen LogP contribution in [0.1, 0.15) is 17.3 Å². The van der Waals surface area contributed by atoms with Crippen molar-refractivity contribution in [3.63, 3.8) is 0 Å². The molecule has 1 aliphatic heterocycles. The summed E-state index contributed by atoms with van der Waals surface area (Å²) in [7, 11) is 0. The number of carbonyl (C=O) groups excluding carboxylic acids is 1. The van der Waals surface area contributed by atoms with Crippen molar-refractivity contribution in [2.24, 2.45) is 0 Å². The van der Waals surface area contributed by atoms with Crippen molar-refractivity contribution in [2.45, 2.75) is 13.0 Å². The van der Waals surface area contributed by atoms with Crippen LogP contribution in [0.3, 0.4) is 0 Å². The molecule has 0 radical (unpaired) electrons. The van der Waals surface area contributed by atoms with E-state index in [4.69, 9.17) is 5.11 Å². The van der Waals surface area contributed by atoms with Crippen molar-refractivity contribution in [1.82, 2.24) is 5.32 Å². The first-order valence-corrected chi connectivity index (χ1v) is 6.08. The monoisotopic (exact) mass is 297 g/mol. The van der Waals surface area contributed by atoms with E-state index in [2.05, 4.69) is 5.32 Å². The van der Waals surface area contributed by atoms with E-state index in [1.165, 1.54) is 11.8 Å². The minimum absolute atomic E-state index is 0.107. The number of rotatable bonds is 3. The Morgan fingerprint density at radius 1 is 1.57 bits per heavy atom. The zero-order chi connectivity index (χ0) is 15.7. The zero-order valence-electron chi connectivity index (χ0n) is 11.0. The molecule has 0 aliphatic carbocycles. The first-order valence-electron chi connectivity index (χ1n) is 6.08. The lowest BCUT2D eigenvalue weighted by Crippen LogP contribution is -2.54. The number of anilines is 1. The topological polar surface area (TPSA) is 113 Å². The van der Waals surface area contributed by atoms with Crippen LogP contribution in [0, 0.1) is 15.9 Å². The number of halogens is 1. The van der Waals surface area contributed by atoms with E-state index in [1.807, 2.05) is 0 Å². The lowest BCUT2D eigenvalue weighted by molar-refractivity contribution is -0.384. The van der Waals surface area contributed by atoms with Crippen LogP contribution >= 0.6 is 0 Å². The summed E-state index contributed by atoms with van der Waals surface area (Å²) in [6.07, 6.45) is 0. The van der Waals surface area contributed by atoms with Crippen LogP contribution in [-0.4, -0.2) is 41.0 Å². The van der Waals surface area contributed by atoms with Crippen LogP contribution in [0.5, 0.6) is 0 Å². The first kappa shape index (κ1) is 14.7. The third-order valence-electron chi connectivity index (χ3n) is 3.30. The molecule has 1 fully saturated rings. The Balaban J connectivity index is 2.57. The van der Waals surface area contributed by atoms with Gasteiger partial charge in [-0.25, -0.2) is 9.18 Å². The molecule has 1 heterocycles. The fourth-order valence-corrected chi connectivity index (χ4v) is 2.20. The van der Waals surface area contributed by atoms with E-state index in [0.29, 0.717) is 6.07 Å². The largest absolute Gasteiger partial charge is 0.478 e. The number of piperazine rings is 1. The number of nitrogens with one attached hydrogen (secondary N) is 1. The number of hydrogen-bond donors (Lipinski definition) is 2. The van der Waals surface area contributed by atoms with Gasteiger partial charge in [-0.05, 0) is 6.92 Å². The second kappa shape index (κ2) is 5.35. The number of benzene rings is 1. The Morgan fingerprint density at radius 2 is 2.24 bits per heavy atom. The molecule has 0 bridgehead atoms. The molecule has 1 aliphatic rings. The van der Waals surface area contributed by atoms with Crippen LogP contribution in [0.25, 0.3) is 0 Å². The average Bonchev–Trinajstić information content (AvgIpc) is 2.40. The normalized spacial score (nSPS) is 18.3. The van der Waals surface area contributed by atoms with Crippen LogP contribution in [0.15, 0.2) is 12.1 Å². The molecule has 2 rings (SSSR count). The summed E-state index contributed by atoms with van der Waals surface area (Å²) in [4.78, 5) is 34.2. The van der Waals surface area contributed by atoms with Gasteiger partial charge in [-0.1, -0.05) is 0 Å². The molecular weight excluding hydrogens is 285 g/mol. The van der Waals surface area contributed by atoms with Crippen molar-refractivity contribution in [3.05, 3.63) is 33.6 Å². The molecule has 8 nitrogen and oxygen atoms in total. The van der Waals surface area contributed by atoms with Gasteiger partial charge in [0, 0.05) is 25.2 Å². The third-order valence-corrected chi connectivity index (χ3v) is 3.30. The number of nitro benzene ring substituents is 1. The molecule has 1 aromatic carbocycles. The molecule has 112 valence electrons. The lowest BCUT2D eigenvalue weighted by atomic mass is 10.1. The second-order valence-corrected chi connectivity index (χ2v) is 4.54. The summed E-state index contributed by atoms with van der Waals surface area (Å²) in [5, 5.41) is 22.5. The van der Waals surface area contributed by atoms with E-state index in [9.17, 15) is 24.1 Å². The molecule has 1 aromatic rings. The number of aromatic carboxylic acids is 1. The Labute approximate surface area is 118 Å². The molecular formula is C12H12FN3O5. The van der Waals surface area contributed by atoms with E-state index >= 15 is 0 Å². The highest BCUT2D eigenvalue weighted by molar-refractivity contribution is 5.91. The number of carboxylic acid groups (broad SMARTS) is 1. The Morgan fingerprint density at radius 3 is 2.81 bits per heavy atom. The molecule has 1 unspecified atom stereocenters. The van der Waals surface area contributed by atoms with E-state index in [1.54, 1.807) is 0 Å². The van der Waals surface area contributed by atoms with Gasteiger partial charge in [-0.15, -0.1) is 0 Å². The minimum atomic E-state index is -1.59. The Kier molecular flexibility index (Phi) is 3.74. The maximum absolute atomic E-state index is 13.8. The van der Waals surface area contributed by atoms with Crippen LogP contribution < -0.4 is 10.2 Å². The maximum atomic E-state index is 13.8. The fraction of sp³-hybridized carbons (Fsp3) is 0.333. The molecule has 0 aromatic heterocycles. The minimum Gasteiger partial charge on any atom is -0.478 e. The van der Waals surface area contributed by atoms with Crippen molar-refractivity contribution in [1.29, 1.82) is 0 Å². The Hall–Kier alpha value is -2.71. The van der Waals surface area contributed by atoms with Gasteiger partial charge in [0.15, 0.2) is 0 Å². The highest BCUT2D eigenvalue weighted by Gasteiger charge is 2.32. The van der Waals surface area contributed by atoms with E-state index < -0.39 is 34.0 Å². The highest BCUT2D eigenvalue weighted by Crippen LogP contribution is 2.33. The number of nitrogens with zero attached hydrogens (tertiary/aromatic N) is 2. The number of hydrogen-bond acceptors (Lipinski definition) is 5.